The Labute approximate surface area is 163 Å². The van der Waals surface area contributed by atoms with Crippen molar-refractivity contribution in [1.29, 1.82) is 0 Å². The molecular formula is C19H27N3O4S. The van der Waals surface area contributed by atoms with Gasteiger partial charge in [0, 0.05) is 35.8 Å². The van der Waals surface area contributed by atoms with Crippen LogP contribution in [0.1, 0.15) is 30.6 Å². The summed E-state index contributed by atoms with van der Waals surface area (Å²) in [6.07, 6.45) is 0.699. The van der Waals surface area contributed by atoms with Crippen LogP contribution in [-0.2, 0) is 9.59 Å². The van der Waals surface area contributed by atoms with Gasteiger partial charge in [-0.05, 0) is 24.1 Å². The lowest BCUT2D eigenvalue weighted by molar-refractivity contribution is -0.140. The van der Waals surface area contributed by atoms with Crippen LogP contribution in [0.25, 0.3) is 0 Å². The number of carbonyl (C=O) groups excluding carboxylic acids is 2. The molecule has 1 heterocycles. The Morgan fingerprint density at radius 1 is 1.26 bits per heavy atom. The summed E-state index contributed by atoms with van der Waals surface area (Å²) in [5, 5.41) is 14.8. The van der Waals surface area contributed by atoms with Crippen molar-refractivity contribution in [3.8, 4) is 0 Å². The predicted molar refractivity (Wildman–Crippen MR) is 107 cm³/mol. The molecular weight excluding hydrogens is 366 g/mol. The van der Waals surface area contributed by atoms with Gasteiger partial charge in [-0.1, -0.05) is 26.3 Å². The number of carboxylic acid groups (broad SMARTS) is 1. The molecule has 2 atom stereocenters. The van der Waals surface area contributed by atoms with Crippen LogP contribution in [0.4, 0.5) is 5.69 Å². The zero-order chi connectivity index (χ0) is 19.8. The zero-order valence-corrected chi connectivity index (χ0v) is 16.6. The molecule has 0 aromatic heterocycles. The first-order chi connectivity index (χ1) is 12.9. The quantitative estimate of drug-likeness (QED) is 0.624. The lowest BCUT2D eigenvalue weighted by Crippen LogP contribution is -2.45. The smallest absolute Gasteiger partial charge is 0.320 e. The van der Waals surface area contributed by atoms with Gasteiger partial charge < -0.3 is 15.3 Å². The summed E-state index contributed by atoms with van der Waals surface area (Å²) in [6.45, 7) is 5.10. The monoisotopic (exact) mass is 393 g/mol. The van der Waals surface area contributed by atoms with E-state index < -0.39 is 12.0 Å². The van der Waals surface area contributed by atoms with E-state index in [-0.39, 0.29) is 24.3 Å². The molecule has 0 unspecified atom stereocenters. The highest BCUT2D eigenvalue weighted by Crippen LogP contribution is 2.16. The van der Waals surface area contributed by atoms with Gasteiger partial charge in [0.25, 0.3) is 5.91 Å². The van der Waals surface area contributed by atoms with E-state index in [9.17, 15) is 19.5 Å². The number of carboxylic acids is 1. The second kappa shape index (κ2) is 10.3. The Kier molecular flexibility index (Phi) is 8.12. The fourth-order valence-corrected chi connectivity index (χ4v) is 3.76. The number of nitrogens with zero attached hydrogens (tertiary/aromatic N) is 1. The summed E-state index contributed by atoms with van der Waals surface area (Å²) in [7, 11) is 0. The summed E-state index contributed by atoms with van der Waals surface area (Å²) >= 11 is 1.84. The van der Waals surface area contributed by atoms with Crippen molar-refractivity contribution in [3.05, 3.63) is 29.8 Å². The minimum absolute atomic E-state index is 0.0350. The van der Waals surface area contributed by atoms with Crippen molar-refractivity contribution in [3.63, 3.8) is 0 Å². The summed E-state index contributed by atoms with van der Waals surface area (Å²) in [5.74, 6) is 0.447. The van der Waals surface area contributed by atoms with Crippen LogP contribution >= 0.6 is 11.8 Å². The van der Waals surface area contributed by atoms with Crippen molar-refractivity contribution in [2.45, 2.75) is 26.3 Å². The predicted octanol–water partition coefficient (Wildman–Crippen LogP) is 1.90. The van der Waals surface area contributed by atoms with E-state index in [4.69, 9.17) is 0 Å². The fourth-order valence-electron chi connectivity index (χ4n) is 2.85. The third-order valence-electron chi connectivity index (χ3n) is 4.65. The highest BCUT2D eigenvalue weighted by molar-refractivity contribution is 7.99. The number of amides is 2. The number of hydrogen-bond acceptors (Lipinski definition) is 5. The number of aliphatic carboxylic acids is 1. The molecule has 2 rings (SSSR count). The second-order valence-electron chi connectivity index (χ2n) is 6.62. The Bertz CT molecular complexity index is 677. The highest BCUT2D eigenvalue weighted by Gasteiger charge is 2.23. The highest BCUT2D eigenvalue weighted by atomic mass is 32.2. The number of thioether (sulfide) groups is 1. The minimum atomic E-state index is -0.968. The van der Waals surface area contributed by atoms with E-state index in [1.54, 1.807) is 24.3 Å². The van der Waals surface area contributed by atoms with Gasteiger partial charge in [0.1, 0.15) is 6.04 Å². The van der Waals surface area contributed by atoms with E-state index in [1.165, 1.54) is 0 Å². The molecule has 2 amide bonds. The van der Waals surface area contributed by atoms with Crippen LogP contribution in [0.2, 0.25) is 0 Å². The van der Waals surface area contributed by atoms with Crippen molar-refractivity contribution < 1.29 is 19.5 Å². The van der Waals surface area contributed by atoms with E-state index in [1.807, 2.05) is 30.5 Å². The molecule has 1 aliphatic rings. The normalized spacial score (nSPS) is 16.4. The van der Waals surface area contributed by atoms with Gasteiger partial charge in [0.15, 0.2) is 0 Å². The molecule has 1 saturated heterocycles. The lowest BCUT2D eigenvalue weighted by atomic mass is 9.99. The Morgan fingerprint density at radius 3 is 2.59 bits per heavy atom. The van der Waals surface area contributed by atoms with E-state index in [0.717, 1.165) is 24.6 Å². The topological polar surface area (TPSA) is 98.7 Å². The summed E-state index contributed by atoms with van der Waals surface area (Å²) in [5.41, 5.74) is 1.06. The number of rotatable bonds is 8. The van der Waals surface area contributed by atoms with Crippen molar-refractivity contribution >= 4 is 35.2 Å². The molecule has 1 aromatic carbocycles. The van der Waals surface area contributed by atoms with Gasteiger partial charge in [0.2, 0.25) is 5.91 Å². The average molecular weight is 394 g/mol. The number of carbonyl (C=O) groups is 3. The third-order valence-corrected chi connectivity index (χ3v) is 5.60. The molecule has 1 fully saturated rings. The van der Waals surface area contributed by atoms with Crippen molar-refractivity contribution in [2.75, 3.05) is 36.5 Å². The molecule has 148 valence electrons. The maximum absolute atomic E-state index is 12.6. The molecule has 0 saturated carbocycles. The van der Waals surface area contributed by atoms with Crippen LogP contribution in [0.15, 0.2) is 24.3 Å². The molecule has 8 heteroatoms. The van der Waals surface area contributed by atoms with Gasteiger partial charge in [-0.25, -0.2) is 0 Å². The van der Waals surface area contributed by atoms with Crippen LogP contribution in [0, 0.1) is 5.92 Å². The first-order valence-electron chi connectivity index (χ1n) is 9.15. The summed E-state index contributed by atoms with van der Waals surface area (Å²) in [4.78, 5) is 37.9. The molecule has 0 spiro atoms. The number of nitrogens with one attached hydrogen (secondary N) is 2. The first kappa shape index (κ1) is 21.2. The van der Waals surface area contributed by atoms with Gasteiger partial charge in [-0.2, -0.15) is 11.8 Å². The van der Waals surface area contributed by atoms with E-state index in [0.29, 0.717) is 17.7 Å². The Hall–Kier alpha value is -2.06. The van der Waals surface area contributed by atoms with E-state index in [2.05, 4.69) is 10.6 Å². The van der Waals surface area contributed by atoms with Crippen molar-refractivity contribution in [1.82, 2.24) is 10.2 Å². The Morgan fingerprint density at radius 2 is 1.96 bits per heavy atom. The fraction of sp³-hybridized carbons (Fsp3) is 0.526. The molecule has 7 nitrogen and oxygen atoms in total. The zero-order valence-electron chi connectivity index (χ0n) is 15.7. The molecule has 3 N–H and O–H groups in total. The summed E-state index contributed by atoms with van der Waals surface area (Å²) in [6, 6.07) is 6.07. The molecule has 27 heavy (non-hydrogen) atoms. The third kappa shape index (κ3) is 6.25. The van der Waals surface area contributed by atoms with Crippen LogP contribution in [-0.4, -0.2) is 65.0 Å². The van der Waals surface area contributed by atoms with Crippen LogP contribution in [0.3, 0.4) is 0 Å². The maximum atomic E-state index is 12.6. The van der Waals surface area contributed by atoms with Gasteiger partial charge in [-0.3, -0.25) is 19.7 Å². The molecule has 0 bridgehead atoms. The SMILES string of the molecule is CC[C@H](C)[C@H](NCC(=O)Nc1cccc(C(=O)N2CCSCC2)c1)C(=O)O. The molecule has 1 aliphatic heterocycles. The van der Waals surface area contributed by atoms with Crippen molar-refractivity contribution in [2.24, 2.45) is 5.92 Å². The van der Waals surface area contributed by atoms with Gasteiger partial charge >= 0.3 is 5.97 Å². The number of benzene rings is 1. The summed E-state index contributed by atoms with van der Waals surface area (Å²) < 4.78 is 0. The van der Waals surface area contributed by atoms with Crippen LogP contribution < -0.4 is 10.6 Å². The van der Waals surface area contributed by atoms with Gasteiger partial charge in [-0.15, -0.1) is 0 Å². The van der Waals surface area contributed by atoms with Gasteiger partial charge in [0.05, 0.1) is 6.54 Å². The first-order valence-corrected chi connectivity index (χ1v) is 10.3. The standard InChI is InChI=1S/C19H27N3O4S/c1-3-13(2)17(19(25)26)20-12-16(23)21-15-6-4-5-14(11-15)18(24)22-7-9-27-10-8-22/h4-6,11,13,17,20H,3,7-10,12H2,1-2H3,(H,21,23)(H,25,26)/t13-,17-/m0/s1. The largest absolute Gasteiger partial charge is 0.480 e. The molecule has 1 aromatic rings. The molecule has 0 radical (unpaired) electrons. The Balaban J connectivity index is 1.93. The van der Waals surface area contributed by atoms with Crippen LogP contribution in [0.5, 0.6) is 0 Å². The lowest BCUT2D eigenvalue weighted by Gasteiger charge is -2.26. The second-order valence-corrected chi connectivity index (χ2v) is 7.84. The minimum Gasteiger partial charge on any atom is -0.480 e. The number of anilines is 1. The van der Waals surface area contributed by atoms with E-state index >= 15 is 0 Å². The maximum Gasteiger partial charge on any atom is 0.320 e. The molecule has 0 aliphatic carbocycles. The number of hydrogen-bond donors (Lipinski definition) is 3. The average Bonchev–Trinajstić information content (AvgIpc) is 2.67.